The number of Topliss-reactive ketones (excluding diaryl/α,β-unsaturated/α-hetero) is 1. The summed E-state index contributed by atoms with van der Waals surface area (Å²) in [6.45, 7) is 2.63. The van der Waals surface area contributed by atoms with Crippen LogP contribution in [-0.4, -0.2) is 45.7 Å². The smallest absolute Gasteiger partial charge is 0.224 e. The van der Waals surface area contributed by atoms with E-state index in [1.807, 2.05) is 0 Å². The molecule has 0 fully saturated rings. The first-order valence-electron chi connectivity index (χ1n) is 7.11. The van der Waals surface area contributed by atoms with Gasteiger partial charge in [0.05, 0.1) is 26.7 Å². The molecular formula is C16H23NO5. The third-order valence-corrected chi connectivity index (χ3v) is 2.84. The van der Waals surface area contributed by atoms with Crippen molar-refractivity contribution in [2.75, 3.05) is 34.0 Å². The van der Waals surface area contributed by atoms with Crippen LogP contribution in [0.2, 0.25) is 0 Å². The minimum absolute atomic E-state index is 0.0448. The van der Waals surface area contributed by atoms with Crippen LogP contribution in [0.3, 0.4) is 0 Å². The van der Waals surface area contributed by atoms with Gasteiger partial charge in [0.25, 0.3) is 0 Å². The Kier molecular flexibility index (Phi) is 7.99. The number of ketones is 1. The van der Waals surface area contributed by atoms with E-state index in [1.165, 1.54) is 6.92 Å². The SMILES string of the molecule is COCCCOc1cc(CC(=O)NCC(C)=O)cc(OC)c1. The first kappa shape index (κ1) is 18.0. The summed E-state index contributed by atoms with van der Waals surface area (Å²) in [7, 11) is 3.20. The number of carbonyl (C=O) groups excluding carboxylic acids is 2. The van der Waals surface area contributed by atoms with Gasteiger partial charge in [-0.1, -0.05) is 0 Å². The highest BCUT2D eigenvalue weighted by Gasteiger charge is 2.08. The van der Waals surface area contributed by atoms with Crippen molar-refractivity contribution in [3.63, 3.8) is 0 Å². The lowest BCUT2D eigenvalue weighted by Crippen LogP contribution is -2.29. The lowest BCUT2D eigenvalue weighted by molar-refractivity contribution is -0.124. The summed E-state index contributed by atoms with van der Waals surface area (Å²) < 4.78 is 15.8. The van der Waals surface area contributed by atoms with Crippen LogP contribution < -0.4 is 14.8 Å². The monoisotopic (exact) mass is 309 g/mol. The summed E-state index contributed by atoms with van der Waals surface area (Å²) in [6, 6.07) is 5.34. The van der Waals surface area contributed by atoms with E-state index >= 15 is 0 Å². The largest absolute Gasteiger partial charge is 0.497 e. The molecule has 22 heavy (non-hydrogen) atoms. The Balaban J connectivity index is 2.64. The lowest BCUT2D eigenvalue weighted by Gasteiger charge is -2.11. The first-order chi connectivity index (χ1) is 10.5. The van der Waals surface area contributed by atoms with Crippen LogP contribution in [0.15, 0.2) is 18.2 Å². The molecule has 0 saturated carbocycles. The molecule has 0 unspecified atom stereocenters. The highest BCUT2D eigenvalue weighted by atomic mass is 16.5. The van der Waals surface area contributed by atoms with Gasteiger partial charge < -0.3 is 19.5 Å². The molecule has 122 valence electrons. The molecule has 1 aromatic carbocycles. The number of hydrogen-bond acceptors (Lipinski definition) is 5. The topological polar surface area (TPSA) is 73.9 Å². The van der Waals surface area contributed by atoms with Gasteiger partial charge in [0, 0.05) is 26.2 Å². The second-order valence-electron chi connectivity index (χ2n) is 4.87. The second-order valence-corrected chi connectivity index (χ2v) is 4.87. The molecule has 1 N–H and O–H groups in total. The van der Waals surface area contributed by atoms with Gasteiger partial charge in [0.15, 0.2) is 0 Å². The molecule has 0 radical (unpaired) electrons. The van der Waals surface area contributed by atoms with Gasteiger partial charge in [-0.05, 0) is 24.6 Å². The number of ether oxygens (including phenoxy) is 3. The molecular weight excluding hydrogens is 286 g/mol. The summed E-state index contributed by atoms with van der Waals surface area (Å²) in [5.74, 6) is 0.971. The molecule has 0 aromatic heterocycles. The standard InChI is InChI=1S/C16H23NO5/c1-12(18)11-17-16(19)9-13-7-14(21-3)10-15(8-13)22-6-4-5-20-2/h7-8,10H,4-6,9,11H2,1-3H3,(H,17,19). The van der Waals surface area contributed by atoms with Crippen LogP contribution in [0.5, 0.6) is 11.5 Å². The number of amides is 1. The van der Waals surface area contributed by atoms with Gasteiger partial charge in [0.2, 0.25) is 5.91 Å². The number of methoxy groups -OCH3 is 2. The van der Waals surface area contributed by atoms with Gasteiger partial charge in [-0.3, -0.25) is 9.59 Å². The zero-order valence-corrected chi connectivity index (χ0v) is 13.3. The van der Waals surface area contributed by atoms with E-state index < -0.39 is 0 Å². The van der Waals surface area contributed by atoms with Gasteiger partial charge >= 0.3 is 0 Å². The molecule has 1 aromatic rings. The average Bonchev–Trinajstić information content (AvgIpc) is 2.49. The predicted molar refractivity (Wildman–Crippen MR) is 82.4 cm³/mol. The van der Waals surface area contributed by atoms with Crippen molar-refractivity contribution in [2.45, 2.75) is 19.8 Å². The van der Waals surface area contributed by atoms with Crippen molar-refractivity contribution >= 4 is 11.7 Å². The fraction of sp³-hybridized carbons (Fsp3) is 0.500. The fourth-order valence-electron chi connectivity index (χ4n) is 1.80. The van der Waals surface area contributed by atoms with E-state index in [0.717, 1.165) is 12.0 Å². The molecule has 0 saturated heterocycles. The van der Waals surface area contributed by atoms with Crippen LogP contribution in [0.1, 0.15) is 18.9 Å². The normalized spacial score (nSPS) is 10.1. The van der Waals surface area contributed by atoms with E-state index in [9.17, 15) is 9.59 Å². The molecule has 6 nitrogen and oxygen atoms in total. The fourth-order valence-corrected chi connectivity index (χ4v) is 1.80. The summed E-state index contributed by atoms with van der Waals surface area (Å²) in [6.07, 6.45) is 0.945. The number of rotatable bonds is 10. The van der Waals surface area contributed by atoms with Crippen molar-refractivity contribution < 1.29 is 23.8 Å². The zero-order chi connectivity index (χ0) is 16.4. The molecule has 1 amide bonds. The molecule has 0 aliphatic heterocycles. The Bertz CT molecular complexity index is 501. The van der Waals surface area contributed by atoms with E-state index in [0.29, 0.717) is 24.7 Å². The van der Waals surface area contributed by atoms with Crippen molar-refractivity contribution in [1.29, 1.82) is 0 Å². The summed E-state index contributed by atoms with van der Waals surface area (Å²) in [5, 5.41) is 2.56. The predicted octanol–water partition coefficient (Wildman–Crippen LogP) is 1.36. The third-order valence-electron chi connectivity index (χ3n) is 2.84. The first-order valence-corrected chi connectivity index (χ1v) is 7.11. The number of benzene rings is 1. The second kappa shape index (κ2) is 9.78. The van der Waals surface area contributed by atoms with Crippen molar-refractivity contribution in [1.82, 2.24) is 5.32 Å². The van der Waals surface area contributed by atoms with Crippen molar-refractivity contribution in [3.8, 4) is 11.5 Å². The number of nitrogens with one attached hydrogen (secondary N) is 1. The highest BCUT2D eigenvalue weighted by Crippen LogP contribution is 2.23. The Morgan fingerprint density at radius 2 is 1.82 bits per heavy atom. The number of hydrogen-bond donors (Lipinski definition) is 1. The zero-order valence-electron chi connectivity index (χ0n) is 13.3. The summed E-state index contributed by atoms with van der Waals surface area (Å²) >= 11 is 0. The molecule has 0 aliphatic carbocycles. The van der Waals surface area contributed by atoms with Crippen molar-refractivity contribution in [3.05, 3.63) is 23.8 Å². The lowest BCUT2D eigenvalue weighted by atomic mass is 10.1. The van der Waals surface area contributed by atoms with Gasteiger partial charge in [0.1, 0.15) is 17.3 Å². The number of carbonyl (C=O) groups is 2. The van der Waals surface area contributed by atoms with Crippen LogP contribution in [0.4, 0.5) is 0 Å². The van der Waals surface area contributed by atoms with Crippen LogP contribution in [0.25, 0.3) is 0 Å². The maximum absolute atomic E-state index is 11.8. The van der Waals surface area contributed by atoms with Crippen molar-refractivity contribution in [2.24, 2.45) is 0 Å². The Morgan fingerprint density at radius 3 is 2.45 bits per heavy atom. The van der Waals surface area contributed by atoms with Crippen LogP contribution in [0, 0.1) is 0 Å². The maximum atomic E-state index is 11.8. The summed E-state index contributed by atoms with van der Waals surface area (Å²) in [4.78, 5) is 22.6. The van der Waals surface area contributed by atoms with E-state index in [2.05, 4.69) is 5.32 Å². The minimum atomic E-state index is -0.214. The Morgan fingerprint density at radius 1 is 1.09 bits per heavy atom. The molecule has 1 rings (SSSR count). The van der Waals surface area contributed by atoms with E-state index in [-0.39, 0.29) is 24.7 Å². The maximum Gasteiger partial charge on any atom is 0.224 e. The average molecular weight is 309 g/mol. The molecule has 0 spiro atoms. The molecule has 0 atom stereocenters. The molecule has 6 heteroatoms. The van der Waals surface area contributed by atoms with Crippen LogP contribution >= 0.6 is 0 Å². The Labute approximate surface area is 130 Å². The van der Waals surface area contributed by atoms with Gasteiger partial charge in [-0.2, -0.15) is 0 Å². The summed E-state index contributed by atoms with van der Waals surface area (Å²) in [5.41, 5.74) is 0.766. The van der Waals surface area contributed by atoms with Gasteiger partial charge in [-0.25, -0.2) is 0 Å². The Hall–Kier alpha value is -2.08. The third kappa shape index (κ3) is 7.08. The minimum Gasteiger partial charge on any atom is -0.497 e. The van der Waals surface area contributed by atoms with E-state index in [4.69, 9.17) is 14.2 Å². The van der Waals surface area contributed by atoms with Gasteiger partial charge in [-0.15, -0.1) is 0 Å². The molecule has 0 bridgehead atoms. The highest BCUT2D eigenvalue weighted by molar-refractivity contribution is 5.85. The molecule has 0 aliphatic rings. The van der Waals surface area contributed by atoms with Crippen LogP contribution in [-0.2, 0) is 20.7 Å². The molecule has 0 heterocycles. The quantitative estimate of drug-likeness (QED) is 0.661. The van der Waals surface area contributed by atoms with E-state index in [1.54, 1.807) is 32.4 Å².